The fourth-order valence-electron chi connectivity index (χ4n) is 3.76. The van der Waals surface area contributed by atoms with Gasteiger partial charge in [-0.05, 0) is 69.0 Å². The van der Waals surface area contributed by atoms with Gasteiger partial charge in [0, 0.05) is 38.3 Å². The van der Waals surface area contributed by atoms with E-state index in [0.29, 0.717) is 0 Å². The van der Waals surface area contributed by atoms with Gasteiger partial charge in [0.1, 0.15) is 22.7 Å². The van der Waals surface area contributed by atoms with Crippen LogP contribution >= 0.6 is 31.9 Å². The number of H-pyrrole nitrogens is 1. The van der Waals surface area contributed by atoms with Gasteiger partial charge in [-0.25, -0.2) is 4.98 Å². The Morgan fingerprint density at radius 1 is 0.727 bits per heavy atom. The lowest BCUT2D eigenvalue weighted by Gasteiger charge is -2.09. The van der Waals surface area contributed by atoms with Crippen LogP contribution in [-0.2, 0) is 0 Å². The molecule has 0 saturated heterocycles. The molecule has 0 fully saturated rings. The van der Waals surface area contributed by atoms with Crippen molar-refractivity contribution < 1.29 is 0 Å². The molecule has 10 heteroatoms. The second-order valence-electron chi connectivity index (χ2n) is 7.69. The average molecular weight is 570 g/mol. The van der Waals surface area contributed by atoms with Crippen molar-refractivity contribution in [1.82, 2.24) is 19.9 Å². The monoisotopic (exact) mass is 568 g/mol. The number of benzene rings is 2. The number of imidazole rings is 1. The molecule has 3 N–H and O–H groups in total. The largest absolute Gasteiger partial charge is 0.345 e. The Labute approximate surface area is 207 Å². The molecule has 4 heterocycles. The van der Waals surface area contributed by atoms with Crippen LogP contribution in [0.15, 0.2) is 61.9 Å². The van der Waals surface area contributed by atoms with E-state index in [1.807, 2.05) is 24.3 Å². The summed E-state index contributed by atoms with van der Waals surface area (Å²) in [4.78, 5) is 24.7. The minimum atomic E-state index is 0.871. The van der Waals surface area contributed by atoms with E-state index < -0.39 is 0 Å². The van der Waals surface area contributed by atoms with Gasteiger partial charge in [-0.3, -0.25) is 20.0 Å². The van der Waals surface area contributed by atoms with Crippen LogP contribution < -0.4 is 10.6 Å². The molecule has 33 heavy (non-hydrogen) atoms. The van der Waals surface area contributed by atoms with Gasteiger partial charge in [0.2, 0.25) is 0 Å². The van der Waals surface area contributed by atoms with Crippen LogP contribution in [-0.4, -0.2) is 44.7 Å². The number of rotatable bonds is 2. The molecule has 0 unspecified atom stereocenters. The van der Waals surface area contributed by atoms with Gasteiger partial charge in [-0.1, -0.05) is 0 Å². The molecule has 168 valence electrons. The molecule has 0 saturated carbocycles. The summed E-state index contributed by atoms with van der Waals surface area (Å²) < 4.78 is 1.93. The van der Waals surface area contributed by atoms with E-state index in [0.717, 1.165) is 92.8 Å². The molecule has 0 bridgehead atoms. The maximum absolute atomic E-state index is 4.40. The van der Waals surface area contributed by atoms with Gasteiger partial charge in [0.15, 0.2) is 0 Å². The third kappa shape index (κ3) is 4.91. The maximum Gasteiger partial charge on any atom is 0.105 e. The second kappa shape index (κ2) is 9.96. The number of nitrogens with one attached hydrogen (secondary N) is 3. The molecule has 2 aliphatic heterocycles. The first kappa shape index (κ1) is 22.0. The zero-order valence-electron chi connectivity index (χ0n) is 17.8. The first-order valence-corrected chi connectivity index (χ1v) is 12.4. The normalized spacial score (nSPS) is 15.2. The Morgan fingerprint density at radius 2 is 1.36 bits per heavy atom. The van der Waals surface area contributed by atoms with Crippen LogP contribution in [0.2, 0.25) is 0 Å². The minimum absolute atomic E-state index is 0.871. The summed E-state index contributed by atoms with van der Waals surface area (Å²) >= 11 is 7.14. The highest BCUT2D eigenvalue weighted by atomic mass is 79.9. The molecule has 2 aliphatic rings. The smallest absolute Gasteiger partial charge is 0.105 e. The highest BCUT2D eigenvalue weighted by molar-refractivity contribution is 9.11. The number of hydrogen-bond acceptors (Lipinski definition) is 7. The van der Waals surface area contributed by atoms with Gasteiger partial charge < -0.3 is 15.6 Å². The van der Waals surface area contributed by atoms with Crippen LogP contribution in [0, 0.1) is 0 Å². The zero-order valence-corrected chi connectivity index (χ0v) is 20.9. The number of fused-ring (bicyclic) bond motifs is 2. The average Bonchev–Trinajstić information content (AvgIpc) is 3.61. The molecule has 0 aliphatic carbocycles. The van der Waals surface area contributed by atoms with E-state index in [1.54, 1.807) is 18.7 Å². The Morgan fingerprint density at radius 3 is 2.03 bits per heavy atom. The van der Waals surface area contributed by atoms with Crippen LogP contribution in [0.5, 0.6) is 0 Å². The van der Waals surface area contributed by atoms with Gasteiger partial charge in [-0.15, -0.1) is 0 Å². The van der Waals surface area contributed by atoms with E-state index in [-0.39, 0.29) is 0 Å². The van der Waals surface area contributed by atoms with Gasteiger partial charge >= 0.3 is 0 Å². The van der Waals surface area contributed by atoms with Gasteiger partial charge in [0.25, 0.3) is 0 Å². The maximum atomic E-state index is 4.40. The van der Waals surface area contributed by atoms with Crippen molar-refractivity contribution in [3.05, 3.63) is 51.9 Å². The highest BCUT2D eigenvalue weighted by Crippen LogP contribution is 2.30. The molecular formula is C23H22Br2N8. The molecule has 2 aromatic heterocycles. The van der Waals surface area contributed by atoms with Crippen LogP contribution in [0.1, 0.15) is 25.7 Å². The summed E-state index contributed by atoms with van der Waals surface area (Å²) in [6, 6.07) is 8.02. The summed E-state index contributed by atoms with van der Waals surface area (Å²) in [7, 11) is 0. The van der Waals surface area contributed by atoms with E-state index in [9.17, 15) is 0 Å². The highest BCUT2D eigenvalue weighted by Gasteiger charge is 2.12. The van der Waals surface area contributed by atoms with Crippen molar-refractivity contribution in [2.75, 3.05) is 23.7 Å². The molecule has 0 amide bonds. The molecule has 8 nitrogen and oxygen atoms in total. The Kier molecular flexibility index (Phi) is 6.63. The van der Waals surface area contributed by atoms with Crippen molar-refractivity contribution in [2.24, 2.45) is 9.98 Å². The van der Waals surface area contributed by atoms with Crippen LogP contribution in [0.4, 0.5) is 11.4 Å². The lowest BCUT2D eigenvalue weighted by atomic mass is 10.2. The van der Waals surface area contributed by atoms with Crippen LogP contribution in [0.3, 0.4) is 0 Å². The van der Waals surface area contributed by atoms with Crippen molar-refractivity contribution in [2.45, 2.75) is 25.7 Å². The Hall–Kier alpha value is -2.85. The zero-order chi connectivity index (χ0) is 22.6. The fraction of sp³-hybridized carbons (Fsp3) is 0.261. The van der Waals surface area contributed by atoms with Crippen molar-refractivity contribution in [3.8, 4) is 0 Å². The fourth-order valence-corrected chi connectivity index (χ4v) is 4.85. The standard InChI is InChI=1S/C12H11BrN4.C11H11BrN4/c13-11-8(17-10-2-1-5-15-10)3-4-9-12(11)16-7-6-14-9;12-10-7(16-9-2-1-5-13-9)3-4-8-11(10)15-6-14-8/h3-4,6-7H,1-2,5H2,(H,15,17);3-4,6H,1-2,5H2,(H,13,16)(H,14,15). The summed E-state index contributed by atoms with van der Waals surface area (Å²) in [5.74, 6) is 2.12. The molecule has 4 aromatic rings. The predicted octanol–water partition coefficient (Wildman–Crippen LogP) is 5.93. The third-order valence-electron chi connectivity index (χ3n) is 5.42. The Balaban J connectivity index is 0.000000139. The lowest BCUT2D eigenvalue weighted by Crippen LogP contribution is -2.08. The molecule has 0 spiro atoms. The van der Waals surface area contributed by atoms with E-state index in [1.165, 1.54) is 0 Å². The molecular weight excluding hydrogens is 548 g/mol. The van der Waals surface area contributed by atoms with Crippen molar-refractivity contribution in [3.63, 3.8) is 0 Å². The number of aromatic nitrogens is 4. The first-order chi connectivity index (χ1) is 16.2. The minimum Gasteiger partial charge on any atom is -0.345 e. The van der Waals surface area contributed by atoms with Gasteiger partial charge in [0.05, 0.1) is 37.7 Å². The number of nitrogens with zero attached hydrogens (tertiary/aromatic N) is 5. The topological polar surface area (TPSA) is 103 Å². The Bertz CT molecular complexity index is 1360. The number of halogens is 2. The molecule has 2 aromatic carbocycles. The van der Waals surface area contributed by atoms with Crippen molar-refractivity contribution >= 4 is 77.0 Å². The van der Waals surface area contributed by atoms with E-state index in [2.05, 4.69) is 72.4 Å². The molecule has 0 radical (unpaired) electrons. The third-order valence-corrected chi connectivity index (χ3v) is 7.02. The van der Waals surface area contributed by atoms with Crippen LogP contribution in [0.25, 0.3) is 22.1 Å². The number of amidine groups is 2. The summed E-state index contributed by atoms with van der Waals surface area (Å²) in [6.45, 7) is 1.86. The first-order valence-electron chi connectivity index (χ1n) is 10.8. The number of hydrogen-bond donors (Lipinski definition) is 3. The van der Waals surface area contributed by atoms with E-state index >= 15 is 0 Å². The summed E-state index contributed by atoms with van der Waals surface area (Å²) in [6.07, 6.45) is 9.42. The summed E-state index contributed by atoms with van der Waals surface area (Å²) in [5.41, 5.74) is 5.77. The van der Waals surface area contributed by atoms with Crippen molar-refractivity contribution in [1.29, 1.82) is 0 Å². The predicted molar refractivity (Wildman–Crippen MR) is 141 cm³/mol. The number of aromatic amines is 1. The van der Waals surface area contributed by atoms with Gasteiger partial charge in [-0.2, -0.15) is 0 Å². The van der Waals surface area contributed by atoms with E-state index in [4.69, 9.17) is 0 Å². The molecule has 6 rings (SSSR count). The number of anilines is 2. The second-order valence-corrected chi connectivity index (χ2v) is 9.28. The quantitative estimate of drug-likeness (QED) is 0.278. The molecule has 0 atom stereocenters. The lowest BCUT2D eigenvalue weighted by molar-refractivity contribution is 0.951. The SMILES string of the molecule is Brc1c(NC2=NCCC2)ccc2[nH]cnc12.Brc1c(NC2=NCCC2)ccc2nccnc12. The number of aliphatic imine (C=N–C) groups is 2. The summed E-state index contributed by atoms with van der Waals surface area (Å²) in [5, 5.41) is 6.68.